The van der Waals surface area contributed by atoms with Crippen LogP contribution in [0.4, 0.5) is 5.82 Å². The van der Waals surface area contributed by atoms with Crippen molar-refractivity contribution in [2.75, 3.05) is 18.5 Å². The predicted molar refractivity (Wildman–Crippen MR) is 126 cm³/mol. The maximum atomic E-state index is 11.4. The van der Waals surface area contributed by atoms with Crippen LogP contribution in [0.15, 0.2) is 67.0 Å². The lowest BCUT2D eigenvalue weighted by atomic mass is 10.1. The molecule has 0 bridgehead atoms. The van der Waals surface area contributed by atoms with Gasteiger partial charge in [-0.3, -0.25) is 4.79 Å². The first-order valence-electron chi connectivity index (χ1n) is 10.7. The zero-order valence-electron chi connectivity index (χ0n) is 18.3. The first kappa shape index (κ1) is 21.5. The van der Waals surface area contributed by atoms with Gasteiger partial charge in [-0.1, -0.05) is 54.6 Å². The van der Waals surface area contributed by atoms with Crippen molar-refractivity contribution in [2.24, 2.45) is 0 Å². The Kier molecular flexibility index (Phi) is 6.77. The molecule has 2 aromatic carbocycles. The molecule has 4 rings (SSSR count). The molecule has 4 aromatic rings. The van der Waals surface area contributed by atoms with Crippen molar-refractivity contribution < 1.29 is 9.53 Å². The van der Waals surface area contributed by atoms with E-state index in [2.05, 4.69) is 62.8 Å². The summed E-state index contributed by atoms with van der Waals surface area (Å²) in [5.74, 6) is 0.558. The summed E-state index contributed by atoms with van der Waals surface area (Å²) >= 11 is 0. The van der Waals surface area contributed by atoms with Crippen LogP contribution in [0.1, 0.15) is 31.0 Å². The molecule has 0 aliphatic rings. The molecule has 0 spiro atoms. The number of aromatic amines is 1. The lowest BCUT2D eigenvalue weighted by molar-refractivity contribution is -0.142. The maximum absolute atomic E-state index is 11.4. The highest BCUT2D eigenvalue weighted by Crippen LogP contribution is 2.29. The van der Waals surface area contributed by atoms with Crippen LogP contribution in [0.2, 0.25) is 0 Å². The Hall–Kier alpha value is -3.71. The third kappa shape index (κ3) is 5.12. The molecule has 0 unspecified atom stereocenters. The number of hydrogen-bond donors (Lipinski definition) is 3. The molecule has 1 atom stereocenters. The fourth-order valence-electron chi connectivity index (χ4n) is 3.56. The van der Waals surface area contributed by atoms with Gasteiger partial charge in [0.2, 0.25) is 0 Å². The predicted octanol–water partition coefficient (Wildman–Crippen LogP) is 4.45. The summed E-state index contributed by atoms with van der Waals surface area (Å²) in [5, 5.41) is 7.55. The monoisotopic (exact) mass is 429 g/mol. The summed E-state index contributed by atoms with van der Waals surface area (Å²) in [5.41, 5.74) is 5.11. The molecule has 2 heterocycles. The summed E-state index contributed by atoms with van der Waals surface area (Å²) < 4.78 is 4.92. The van der Waals surface area contributed by atoms with Crippen molar-refractivity contribution in [1.82, 2.24) is 20.3 Å². The third-order valence-electron chi connectivity index (χ3n) is 5.25. The lowest BCUT2D eigenvalue weighted by Crippen LogP contribution is -2.24. The van der Waals surface area contributed by atoms with Crippen molar-refractivity contribution >= 4 is 22.8 Å². The van der Waals surface area contributed by atoms with Crippen molar-refractivity contribution in [3.63, 3.8) is 0 Å². The van der Waals surface area contributed by atoms with Crippen LogP contribution in [-0.2, 0) is 16.1 Å². The number of carbonyl (C=O) groups is 1. The molecule has 32 heavy (non-hydrogen) atoms. The van der Waals surface area contributed by atoms with E-state index in [1.807, 2.05) is 30.3 Å². The Morgan fingerprint density at radius 1 is 1.09 bits per heavy atom. The molecule has 7 nitrogen and oxygen atoms in total. The number of ether oxygens (including phenoxy) is 1. The number of hydrogen-bond acceptors (Lipinski definition) is 6. The van der Waals surface area contributed by atoms with Gasteiger partial charge in [-0.2, -0.15) is 0 Å². The molecule has 0 saturated heterocycles. The number of fused-ring (bicyclic) bond motifs is 1. The zero-order chi connectivity index (χ0) is 22.3. The molecular weight excluding hydrogens is 402 g/mol. The second-order valence-corrected chi connectivity index (χ2v) is 7.55. The molecular formula is C25H27N5O2. The first-order valence-corrected chi connectivity index (χ1v) is 10.7. The zero-order valence-corrected chi connectivity index (χ0v) is 18.3. The minimum atomic E-state index is -0.241. The molecule has 3 N–H and O–H groups in total. The van der Waals surface area contributed by atoms with Crippen LogP contribution >= 0.6 is 0 Å². The Bertz CT molecular complexity index is 1170. The quantitative estimate of drug-likeness (QED) is 0.341. The van der Waals surface area contributed by atoms with E-state index in [-0.39, 0.29) is 18.6 Å². The van der Waals surface area contributed by atoms with Gasteiger partial charge in [0.05, 0.1) is 18.5 Å². The van der Waals surface area contributed by atoms with Gasteiger partial charge in [0.25, 0.3) is 0 Å². The Labute approximate surface area is 187 Å². The first-order chi connectivity index (χ1) is 15.6. The van der Waals surface area contributed by atoms with Crippen LogP contribution in [0.25, 0.3) is 22.3 Å². The summed E-state index contributed by atoms with van der Waals surface area (Å²) in [6.07, 6.45) is 1.57. The van der Waals surface area contributed by atoms with Crippen molar-refractivity contribution in [2.45, 2.75) is 26.4 Å². The summed E-state index contributed by atoms with van der Waals surface area (Å²) in [6.45, 7) is 5.11. The average molecular weight is 430 g/mol. The largest absolute Gasteiger partial charge is 0.465 e. The lowest BCUT2D eigenvalue weighted by Gasteiger charge is -2.15. The fourth-order valence-corrected chi connectivity index (χ4v) is 3.56. The molecule has 0 saturated carbocycles. The van der Waals surface area contributed by atoms with Gasteiger partial charge < -0.3 is 20.4 Å². The molecule has 0 fully saturated rings. The number of nitrogens with zero attached hydrogens (tertiary/aromatic N) is 2. The van der Waals surface area contributed by atoms with E-state index in [4.69, 9.17) is 4.74 Å². The second-order valence-electron chi connectivity index (χ2n) is 7.55. The van der Waals surface area contributed by atoms with Crippen molar-refractivity contribution in [3.8, 4) is 11.3 Å². The fraction of sp³-hybridized carbons (Fsp3) is 0.240. The number of rotatable bonds is 9. The standard InChI is InChI=1S/C25H27N5O2/c1-3-32-23(31)15-26-14-18-9-11-20(12-10-18)22-13-21-24(27-16-28-25(21)30-22)29-17(2)19-7-5-4-6-8-19/h4-13,16-17,26H,3,14-15H2,1-2H3,(H2,27,28,29,30)/t17-/m1/s1. The molecule has 0 radical (unpaired) electrons. The molecule has 7 heteroatoms. The summed E-state index contributed by atoms with van der Waals surface area (Å²) in [6, 6.07) is 20.7. The van der Waals surface area contributed by atoms with Gasteiger partial charge in [0.1, 0.15) is 17.8 Å². The van der Waals surface area contributed by atoms with E-state index in [0.717, 1.165) is 33.7 Å². The van der Waals surface area contributed by atoms with Gasteiger partial charge >= 0.3 is 5.97 Å². The molecule has 0 amide bonds. The van der Waals surface area contributed by atoms with Crippen LogP contribution in [0, 0.1) is 0 Å². The Morgan fingerprint density at radius 3 is 2.62 bits per heavy atom. The summed E-state index contributed by atoms with van der Waals surface area (Å²) in [4.78, 5) is 23.7. The van der Waals surface area contributed by atoms with Gasteiger partial charge in [0.15, 0.2) is 0 Å². The maximum Gasteiger partial charge on any atom is 0.319 e. The van der Waals surface area contributed by atoms with Crippen LogP contribution < -0.4 is 10.6 Å². The second kappa shape index (κ2) is 10.1. The van der Waals surface area contributed by atoms with Crippen molar-refractivity contribution in [3.05, 3.63) is 78.1 Å². The van der Waals surface area contributed by atoms with Gasteiger partial charge in [-0.05, 0) is 36.6 Å². The van der Waals surface area contributed by atoms with Crippen LogP contribution in [0.5, 0.6) is 0 Å². The van der Waals surface area contributed by atoms with Crippen LogP contribution in [0.3, 0.4) is 0 Å². The van der Waals surface area contributed by atoms with Gasteiger partial charge in [0, 0.05) is 18.3 Å². The number of benzene rings is 2. The van der Waals surface area contributed by atoms with Gasteiger partial charge in [-0.25, -0.2) is 9.97 Å². The molecule has 2 aromatic heterocycles. The average Bonchev–Trinajstić information content (AvgIpc) is 3.26. The van der Waals surface area contributed by atoms with E-state index in [1.54, 1.807) is 13.3 Å². The topological polar surface area (TPSA) is 91.9 Å². The highest BCUT2D eigenvalue weighted by atomic mass is 16.5. The SMILES string of the molecule is CCOC(=O)CNCc1ccc(-c2cc3c(N[C@H](C)c4ccccc4)ncnc3[nH]2)cc1. The van der Waals surface area contributed by atoms with E-state index in [0.29, 0.717) is 13.2 Å². The van der Waals surface area contributed by atoms with E-state index < -0.39 is 0 Å². The van der Waals surface area contributed by atoms with Crippen LogP contribution in [-0.4, -0.2) is 34.1 Å². The smallest absolute Gasteiger partial charge is 0.319 e. The minimum Gasteiger partial charge on any atom is -0.465 e. The molecule has 0 aliphatic heterocycles. The number of nitrogens with one attached hydrogen (secondary N) is 3. The number of anilines is 1. The minimum absolute atomic E-state index is 0.119. The Balaban J connectivity index is 1.47. The normalized spacial score (nSPS) is 11.9. The highest BCUT2D eigenvalue weighted by molar-refractivity contribution is 5.91. The van der Waals surface area contributed by atoms with Crippen molar-refractivity contribution in [1.29, 1.82) is 0 Å². The highest BCUT2D eigenvalue weighted by Gasteiger charge is 2.12. The molecule has 0 aliphatic carbocycles. The van der Waals surface area contributed by atoms with E-state index in [9.17, 15) is 4.79 Å². The van der Waals surface area contributed by atoms with Gasteiger partial charge in [-0.15, -0.1) is 0 Å². The number of aromatic nitrogens is 3. The summed E-state index contributed by atoms with van der Waals surface area (Å²) in [7, 11) is 0. The van der Waals surface area contributed by atoms with E-state index in [1.165, 1.54) is 5.56 Å². The van der Waals surface area contributed by atoms with E-state index >= 15 is 0 Å². The Morgan fingerprint density at radius 2 is 1.88 bits per heavy atom. The molecule has 164 valence electrons. The number of carbonyl (C=O) groups excluding carboxylic acids is 1. The number of H-pyrrole nitrogens is 1. The third-order valence-corrected chi connectivity index (χ3v) is 5.25. The number of esters is 1.